The highest BCUT2D eigenvalue weighted by molar-refractivity contribution is 5.93. The van der Waals surface area contributed by atoms with Crippen molar-refractivity contribution in [3.63, 3.8) is 0 Å². The Labute approximate surface area is 185 Å². The van der Waals surface area contributed by atoms with Crippen molar-refractivity contribution < 1.29 is 9.59 Å². The lowest BCUT2D eigenvalue weighted by molar-refractivity contribution is -0.121. The molecule has 4 rings (SSSR count). The Kier molecular flexibility index (Phi) is 6.20. The standard InChI is InChI=1S/C22H27N7O3/c1-3-27(4-2)22(32)28-11-5-6-15(13-28)20(30)26-16-7-9-17(10-8-16)29-19-18(12-25-29)21(31)24-14-23-19/h7-10,12,14-15H,3-6,11,13H2,1-2H3,(H,26,30)(H,23,24,31)/t15-/m0/s1. The number of hydrogen-bond donors (Lipinski definition) is 2. The Bertz CT molecular complexity index is 1160. The van der Waals surface area contributed by atoms with E-state index in [1.807, 2.05) is 26.0 Å². The summed E-state index contributed by atoms with van der Waals surface area (Å²) in [6.45, 7) is 6.34. The fourth-order valence-electron chi connectivity index (χ4n) is 4.03. The van der Waals surface area contributed by atoms with Gasteiger partial charge in [-0.05, 0) is 51.0 Å². The molecule has 1 aliphatic rings. The van der Waals surface area contributed by atoms with E-state index in [1.54, 1.807) is 26.6 Å². The van der Waals surface area contributed by atoms with Crippen LogP contribution in [-0.4, -0.2) is 67.7 Å². The van der Waals surface area contributed by atoms with Gasteiger partial charge in [-0.25, -0.2) is 14.5 Å². The van der Waals surface area contributed by atoms with Crippen molar-refractivity contribution in [3.8, 4) is 5.69 Å². The molecule has 1 saturated heterocycles. The SMILES string of the molecule is CCN(CC)C(=O)N1CCC[C@H](C(=O)Nc2ccc(-n3ncc4c(=O)[nH]cnc43)cc2)C1. The van der Waals surface area contributed by atoms with E-state index in [4.69, 9.17) is 0 Å². The van der Waals surface area contributed by atoms with Crippen LogP contribution in [0, 0.1) is 5.92 Å². The number of anilines is 1. The first-order valence-electron chi connectivity index (χ1n) is 10.9. The topological polar surface area (TPSA) is 116 Å². The first-order chi connectivity index (χ1) is 15.5. The molecule has 3 amide bonds. The summed E-state index contributed by atoms with van der Waals surface area (Å²) in [7, 11) is 0. The summed E-state index contributed by atoms with van der Waals surface area (Å²) in [4.78, 5) is 47.6. The van der Waals surface area contributed by atoms with Crippen molar-refractivity contribution in [2.75, 3.05) is 31.5 Å². The third kappa shape index (κ3) is 4.20. The highest BCUT2D eigenvalue weighted by atomic mass is 16.2. The molecule has 10 heteroatoms. The van der Waals surface area contributed by atoms with Crippen LogP contribution in [0.4, 0.5) is 10.5 Å². The van der Waals surface area contributed by atoms with E-state index in [0.29, 0.717) is 42.9 Å². The van der Waals surface area contributed by atoms with Gasteiger partial charge in [-0.15, -0.1) is 0 Å². The van der Waals surface area contributed by atoms with Crippen LogP contribution in [0.3, 0.4) is 0 Å². The summed E-state index contributed by atoms with van der Waals surface area (Å²) in [5.74, 6) is -0.332. The first kappa shape index (κ1) is 21.5. The van der Waals surface area contributed by atoms with Crippen LogP contribution in [0.15, 0.2) is 41.6 Å². The Hall–Kier alpha value is -3.69. The molecule has 32 heavy (non-hydrogen) atoms. The van der Waals surface area contributed by atoms with Gasteiger partial charge in [0.2, 0.25) is 5.91 Å². The van der Waals surface area contributed by atoms with Crippen molar-refractivity contribution in [1.82, 2.24) is 29.5 Å². The minimum Gasteiger partial charge on any atom is -0.326 e. The lowest BCUT2D eigenvalue weighted by Gasteiger charge is -2.35. The van der Waals surface area contributed by atoms with Gasteiger partial charge in [0.1, 0.15) is 5.39 Å². The summed E-state index contributed by atoms with van der Waals surface area (Å²) in [5, 5.41) is 7.61. The molecule has 1 aliphatic heterocycles. The van der Waals surface area contributed by atoms with E-state index < -0.39 is 0 Å². The zero-order valence-electron chi connectivity index (χ0n) is 18.2. The minimum atomic E-state index is -0.244. The molecule has 2 N–H and O–H groups in total. The molecule has 0 spiro atoms. The number of nitrogens with one attached hydrogen (secondary N) is 2. The molecule has 0 radical (unpaired) electrons. The van der Waals surface area contributed by atoms with Crippen LogP contribution in [0.25, 0.3) is 16.7 Å². The van der Waals surface area contributed by atoms with E-state index in [2.05, 4.69) is 20.4 Å². The molecule has 1 fully saturated rings. The van der Waals surface area contributed by atoms with Crippen molar-refractivity contribution >= 4 is 28.7 Å². The van der Waals surface area contributed by atoms with Gasteiger partial charge in [0.05, 0.1) is 24.1 Å². The van der Waals surface area contributed by atoms with E-state index in [1.165, 1.54) is 12.5 Å². The van der Waals surface area contributed by atoms with Gasteiger partial charge < -0.3 is 20.1 Å². The number of amides is 3. The van der Waals surface area contributed by atoms with E-state index in [0.717, 1.165) is 18.5 Å². The van der Waals surface area contributed by atoms with Gasteiger partial charge >= 0.3 is 6.03 Å². The average molecular weight is 438 g/mol. The third-order valence-corrected chi connectivity index (χ3v) is 5.85. The Balaban J connectivity index is 1.43. The summed E-state index contributed by atoms with van der Waals surface area (Å²) in [5.41, 5.74) is 1.61. The molecule has 0 unspecified atom stereocenters. The molecule has 0 saturated carbocycles. The number of aromatic nitrogens is 4. The second-order valence-corrected chi connectivity index (χ2v) is 7.80. The number of rotatable bonds is 5. The number of fused-ring (bicyclic) bond motifs is 1. The number of aromatic amines is 1. The summed E-state index contributed by atoms with van der Waals surface area (Å²) in [6, 6.07) is 7.19. The molecule has 3 heterocycles. The van der Waals surface area contributed by atoms with Gasteiger partial charge in [0.25, 0.3) is 5.56 Å². The van der Waals surface area contributed by atoms with Gasteiger partial charge in [-0.1, -0.05) is 0 Å². The van der Waals surface area contributed by atoms with Crippen molar-refractivity contribution in [1.29, 1.82) is 0 Å². The number of hydrogen-bond acceptors (Lipinski definition) is 5. The number of H-pyrrole nitrogens is 1. The third-order valence-electron chi connectivity index (χ3n) is 5.85. The van der Waals surface area contributed by atoms with Crippen molar-refractivity contribution in [3.05, 3.63) is 47.1 Å². The Morgan fingerprint density at radius 1 is 1.22 bits per heavy atom. The number of carbonyl (C=O) groups is 2. The van der Waals surface area contributed by atoms with Gasteiger partial charge in [-0.2, -0.15) is 5.10 Å². The van der Waals surface area contributed by atoms with Crippen LogP contribution < -0.4 is 10.9 Å². The van der Waals surface area contributed by atoms with Crippen LogP contribution >= 0.6 is 0 Å². The molecular formula is C22H27N7O3. The highest BCUT2D eigenvalue weighted by Crippen LogP contribution is 2.21. The second-order valence-electron chi connectivity index (χ2n) is 7.80. The molecule has 168 valence electrons. The van der Waals surface area contributed by atoms with Crippen LogP contribution in [-0.2, 0) is 4.79 Å². The van der Waals surface area contributed by atoms with Crippen LogP contribution in [0.2, 0.25) is 0 Å². The maximum atomic E-state index is 12.8. The molecule has 0 bridgehead atoms. The number of urea groups is 1. The van der Waals surface area contributed by atoms with E-state index >= 15 is 0 Å². The minimum absolute atomic E-state index is 0.00394. The molecule has 0 aliphatic carbocycles. The molecule has 3 aromatic rings. The van der Waals surface area contributed by atoms with E-state index in [-0.39, 0.29) is 23.4 Å². The summed E-state index contributed by atoms with van der Waals surface area (Å²) < 4.78 is 1.58. The number of benzene rings is 1. The van der Waals surface area contributed by atoms with Gasteiger partial charge in [0, 0.05) is 31.9 Å². The fraction of sp³-hybridized carbons (Fsp3) is 0.409. The first-order valence-corrected chi connectivity index (χ1v) is 10.9. The second kappa shape index (κ2) is 9.21. The highest BCUT2D eigenvalue weighted by Gasteiger charge is 2.30. The quantitative estimate of drug-likeness (QED) is 0.635. The largest absolute Gasteiger partial charge is 0.326 e. The number of piperidine rings is 1. The van der Waals surface area contributed by atoms with Crippen molar-refractivity contribution in [2.45, 2.75) is 26.7 Å². The normalized spacial score (nSPS) is 16.2. The Morgan fingerprint density at radius 2 is 1.97 bits per heavy atom. The van der Waals surface area contributed by atoms with Gasteiger partial charge in [0.15, 0.2) is 5.65 Å². The number of nitrogens with zero attached hydrogens (tertiary/aromatic N) is 5. The molecule has 1 atom stereocenters. The van der Waals surface area contributed by atoms with Crippen LogP contribution in [0.5, 0.6) is 0 Å². The van der Waals surface area contributed by atoms with Crippen molar-refractivity contribution in [2.24, 2.45) is 5.92 Å². The predicted octanol–water partition coefficient (Wildman–Crippen LogP) is 2.22. The molecule has 2 aromatic heterocycles. The summed E-state index contributed by atoms with van der Waals surface area (Å²) in [6.07, 6.45) is 4.38. The monoisotopic (exact) mass is 437 g/mol. The van der Waals surface area contributed by atoms with E-state index in [9.17, 15) is 14.4 Å². The molecule has 10 nitrogen and oxygen atoms in total. The maximum absolute atomic E-state index is 12.8. The van der Waals surface area contributed by atoms with Crippen LogP contribution in [0.1, 0.15) is 26.7 Å². The Morgan fingerprint density at radius 3 is 2.69 bits per heavy atom. The molecule has 1 aromatic carbocycles. The lowest BCUT2D eigenvalue weighted by Crippen LogP contribution is -2.49. The number of likely N-dealkylation sites (tertiary alicyclic amines) is 1. The molecular weight excluding hydrogens is 410 g/mol. The average Bonchev–Trinajstić information content (AvgIpc) is 3.26. The maximum Gasteiger partial charge on any atom is 0.320 e. The fourth-order valence-corrected chi connectivity index (χ4v) is 4.03. The number of carbonyl (C=O) groups excluding carboxylic acids is 2. The predicted molar refractivity (Wildman–Crippen MR) is 121 cm³/mol. The van der Waals surface area contributed by atoms with Gasteiger partial charge in [-0.3, -0.25) is 9.59 Å². The zero-order valence-corrected chi connectivity index (χ0v) is 18.2. The smallest absolute Gasteiger partial charge is 0.320 e. The lowest BCUT2D eigenvalue weighted by atomic mass is 9.97. The zero-order chi connectivity index (χ0) is 22.7. The summed E-state index contributed by atoms with van der Waals surface area (Å²) >= 11 is 0.